The lowest BCUT2D eigenvalue weighted by Gasteiger charge is -2.10. The van der Waals surface area contributed by atoms with Crippen LogP contribution in [0.3, 0.4) is 0 Å². The third-order valence-electron chi connectivity index (χ3n) is 3.67. The van der Waals surface area contributed by atoms with Crippen LogP contribution in [0.25, 0.3) is 11.4 Å². The Morgan fingerprint density at radius 1 is 1.15 bits per heavy atom. The predicted octanol–water partition coefficient (Wildman–Crippen LogP) is 3.40. The fourth-order valence-electron chi connectivity index (χ4n) is 2.34. The van der Waals surface area contributed by atoms with Gasteiger partial charge in [0.05, 0.1) is 0 Å². The van der Waals surface area contributed by atoms with Gasteiger partial charge in [-0.05, 0) is 42.1 Å². The minimum Gasteiger partial charge on any atom is -0.356 e. The van der Waals surface area contributed by atoms with Gasteiger partial charge in [-0.25, -0.2) is 0 Å². The van der Waals surface area contributed by atoms with Gasteiger partial charge in [-0.3, -0.25) is 4.99 Å². The molecule has 0 fully saturated rings. The molecule has 0 amide bonds. The van der Waals surface area contributed by atoms with Gasteiger partial charge in [0.2, 0.25) is 11.7 Å². The van der Waals surface area contributed by atoms with E-state index in [9.17, 15) is 0 Å². The number of aromatic nitrogens is 2. The Morgan fingerprint density at radius 3 is 2.62 bits per heavy atom. The minimum absolute atomic E-state index is 0.565. The highest BCUT2D eigenvalue weighted by molar-refractivity contribution is 7.09. The average Bonchev–Trinajstić information content (AvgIpc) is 3.33. The molecule has 0 aliphatic heterocycles. The summed E-state index contributed by atoms with van der Waals surface area (Å²) in [6.07, 6.45) is 1.60. The van der Waals surface area contributed by atoms with E-state index in [1.54, 1.807) is 30.5 Å². The van der Waals surface area contributed by atoms with Crippen molar-refractivity contribution in [3.63, 3.8) is 0 Å². The van der Waals surface area contributed by atoms with Crippen LogP contribution in [0.1, 0.15) is 10.8 Å². The molecule has 8 heteroatoms. The van der Waals surface area contributed by atoms with E-state index in [1.807, 2.05) is 12.1 Å². The predicted molar refractivity (Wildman–Crippen MR) is 106 cm³/mol. The first kappa shape index (κ1) is 18.4. The lowest BCUT2D eigenvalue weighted by atomic mass is 10.2. The topological polar surface area (TPSA) is 75.3 Å². The van der Waals surface area contributed by atoms with Gasteiger partial charge >= 0.3 is 0 Å². The standard InChI is InChI=1S/C18H20ClN5OS/c1-20-18(21-10-8-15-3-2-12-26-15)22-11-9-16-23-17(24-25-16)13-4-6-14(19)7-5-13/h2-7,12H,8-11H2,1H3,(H2,20,21,22). The van der Waals surface area contributed by atoms with Crippen LogP contribution < -0.4 is 10.6 Å². The summed E-state index contributed by atoms with van der Waals surface area (Å²) in [5.41, 5.74) is 0.878. The molecule has 2 aromatic heterocycles. The van der Waals surface area contributed by atoms with Crippen LogP contribution in [0.15, 0.2) is 51.3 Å². The SMILES string of the molecule is CN=C(NCCc1nc(-c2ccc(Cl)cc2)no1)NCCc1cccs1. The van der Waals surface area contributed by atoms with Gasteiger partial charge in [-0.15, -0.1) is 11.3 Å². The first-order valence-electron chi connectivity index (χ1n) is 8.30. The molecule has 2 N–H and O–H groups in total. The molecule has 1 aromatic carbocycles. The first-order valence-corrected chi connectivity index (χ1v) is 9.56. The lowest BCUT2D eigenvalue weighted by molar-refractivity contribution is 0.378. The van der Waals surface area contributed by atoms with Gasteiger partial charge in [0.15, 0.2) is 5.96 Å². The summed E-state index contributed by atoms with van der Waals surface area (Å²) >= 11 is 7.66. The van der Waals surface area contributed by atoms with E-state index in [2.05, 4.69) is 43.3 Å². The highest BCUT2D eigenvalue weighted by Crippen LogP contribution is 2.18. The number of rotatable bonds is 7. The number of nitrogens with zero attached hydrogens (tertiary/aromatic N) is 3. The molecule has 0 aliphatic carbocycles. The second-order valence-electron chi connectivity index (χ2n) is 5.52. The largest absolute Gasteiger partial charge is 0.356 e. The molecule has 0 unspecified atom stereocenters. The van der Waals surface area contributed by atoms with Crippen molar-refractivity contribution in [1.29, 1.82) is 0 Å². The van der Waals surface area contributed by atoms with Crippen molar-refractivity contribution in [2.75, 3.05) is 20.1 Å². The zero-order valence-corrected chi connectivity index (χ0v) is 16.0. The third kappa shape index (κ3) is 5.31. The van der Waals surface area contributed by atoms with E-state index in [0.29, 0.717) is 29.7 Å². The number of benzene rings is 1. The summed E-state index contributed by atoms with van der Waals surface area (Å²) in [7, 11) is 1.76. The summed E-state index contributed by atoms with van der Waals surface area (Å²) in [4.78, 5) is 9.98. The summed E-state index contributed by atoms with van der Waals surface area (Å²) in [6.45, 7) is 1.49. The Morgan fingerprint density at radius 2 is 1.92 bits per heavy atom. The second-order valence-corrected chi connectivity index (χ2v) is 6.99. The molecular formula is C18H20ClN5OS. The Hall–Kier alpha value is -2.38. The summed E-state index contributed by atoms with van der Waals surface area (Å²) < 4.78 is 5.30. The summed E-state index contributed by atoms with van der Waals surface area (Å²) in [5, 5.41) is 13.3. The normalized spacial score (nSPS) is 11.5. The van der Waals surface area contributed by atoms with E-state index in [0.717, 1.165) is 24.5 Å². The summed E-state index contributed by atoms with van der Waals surface area (Å²) in [5.74, 6) is 1.91. The lowest BCUT2D eigenvalue weighted by Crippen LogP contribution is -2.39. The molecule has 0 saturated heterocycles. The third-order valence-corrected chi connectivity index (χ3v) is 4.86. The Labute approximate surface area is 161 Å². The van der Waals surface area contributed by atoms with Crippen LogP contribution in [0.5, 0.6) is 0 Å². The molecule has 0 atom stereocenters. The molecule has 0 spiro atoms. The first-order chi connectivity index (χ1) is 12.7. The Bertz CT molecular complexity index is 830. The maximum atomic E-state index is 5.89. The minimum atomic E-state index is 0.565. The van der Waals surface area contributed by atoms with E-state index >= 15 is 0 Å². The van der Waals surface area contributed by atoms with Crippen LogP contribution in [0.2, 0.25) is 5.02 Å². The number of hydrogen-bond donors (Lipinski definition) is 2. The Balaban J connectivity index is 1.43. The van der Waals surface area contributed by atoms with Gasteiger partial charge in [0, 0.05) is 42.0 Å². The maximum Gasteiger partial charge on any atom is 0.228 e. The molecule has 0 bridgehead atoms. The zero-order valence-electron chi connectivity index (χ0n) is 14.4. The number of aliphatic imine (C=N–C) groups is 1. The van der Waals surface area contributed by atoms with Crippen molar-refractivity contribution < 1.29 is 4.52 Å². The summed E-state index contributed by atoms with van der Waals surface area (Å²) in [6, 6.07) is 11.6. The van der Waals surface area contributed by atoms with Gasteiger partial charge < -0.3 is 15.2 Å². The van der Waals surface area contributed by atoms with Crippen molar-refractivity contribution in [2.24, 2.45) is 4.99 Å². The van der Waals surface area contributed by atoms with Gasteiger partial charge in [-0.2, -0.15) is 4.98 Å². The van der Waals surface area contributed by atoms with Crippen molar-refractivity contribution in [2.45, 2.75) is 12.8 Å². The molecule has 0 radical (unpaired) electrons. The highest BCUT2D eigenvalue weighted by Gasteiger charge is 2.08. The molecule has 26 heavy (non-hydrogen) atoms. The Kier molecular flexibility index (Phi) is 6.62. The highest BCUT2D eigenvalue weighted by atomic mass is 35.5. The van der Waals surface area contributed by atoms with Gasteiger partial charge in [-0.1, -0.05) is 22.8 Å². The van der Waals surface area contributed by atoms with Crippen LogP contribution in [-0.2, 0) is 12.8 Å². The van der Waals surface area contributed by atoms with Crippen molar-refractivity contribution in [1.82, 2.24) is 20.8 Å². The van der Waals surface area contributed by atoms with Crippen molar-refractivity contribution >= 4 is 28.9 Å². The fraction of sp³-hybridized carbons (Fsp3) is 0.278. The average molecular weight is 390 g/mol. The monoisotopic (exact) mass is 389 g/mol. The molecule has 3 aromatic rings. The van der Waals surface area contributed by atoms with E-state index < -0.39 is 0 Å². The van der Waals surface area contributed by atoms with Crippen molar-refractivity contribution in [3.05, 3.63) is 57.6 Å². The molecule has 0 aliphatic rings. The van der Waals surface area contributed by atoms with E-state index in [4.69, 9.17) is 16.1 Å². The van der Waals surface area contributed by atoms with Crippen LogP contribution >= 0.6 is 22.9 Å². The zero-order chi connectivity index (χ0) is 18.2. The smallest absolute Gasteiger partial charge is 0.228 e. The van der Waals surface area contributed by atoms with Crippen LogP contribution in [-0.4, -0.2) is 36.2 Å². The van der Waals surface area contributed by atoms with Gasteiger partial charge in [0.1, 0.15) is 0 Å². The number of guanidine groups is 1. The van der Waals surface area contributed by atoms with E-state index in [1.165, 1.54) is 4.88 Å². The fourth-order valence-corrected chi connectivity index (χ4v) is 3.17. The quantitative estimate of drug-likeness (QED) is 0.478. The molecule has 136 valence electrons. The molecule has 2 heterocycles. The number of hydrogen-bond acceptors (Lipinski definition) is 5. The molecule has 3 rings (SSSR count). The van der Waals surface area contributed by atoms with Crippen LogP contribution in [0, 0.1) is 0 Å². The second kappa shape index (κ2) is 9.35. The van der Waals surface area contributed by atoms with Crippen LogP contribution in [0.4, 0.5) is 0 Å². The molecule has 0 saturated carbocycles. The number of nitrogens with one attached hydrogen (secondary N) is 2. The number of thiophene rings is 1. The van der Waals surface area contributed by atoms with E-state index in [-0.39, 0.29) is 0 Å². The van der Waals surface area contributed by atoms with Crippen molar-refractivity contribution in [3.8, 4) is 11.4 Å². The number of halogens is 1. The van der Waals surface area contributed by atoms with Gasteiger partial charge in [0.25, 0.3) is 0 Å². The maximum absolute atomic E-state index is 5.89. The molecule has 6 nitrogen and oxygen atoms in total. The molecular weight excluding hydrogens is 370 g/mol.